The molecule has 0 unspecified atom stereocenters. The van der Waals surface area contributed by atoms with Gasteiger partial charge in [-0.3, -0.25) is 4.79 Å². The molecule has 1 amide bonds. The van der Waals surface area contributed by atoms with E-state index in [2.05, 4.69) is 26.9 Å². The Balaban J connectivity index is 1.39. The van der Waals surface area contributed by atoms with Crippen molar-refractivity contribution in [3.8, 4) is 17.5 Å². The van der Waals surface area contributed by atoms with E-state index in [1.165, 1.54) is 0 Å². The monoisotopic (exact) mass is 358 g/mol. The summed E-state index contributed by atoms with van der Waals surface area (Å²) in [6, 6.07) is 17.3. The maximum Gasteiger partial charge on any atom is 0.224 e. The van der Waals surface area contributed by atoms with Crippen molar-refractivity contribution in [3.63, 3.8) is 0 Å². The second-order valence-electron chi connectivity index (χ2n) is 6.62. The van der Waals surface area contributed by atoms with Crippen LogP contribution in [0.15, 0.2) is 48.5 Å². The number of benzene rings is 2. The molecule has 1 fully saturated rings. The van der Waals surface area contributed by atoms with Crippen molar-refractivity contribution in [3.05, 3.63) is 59.7 Å². The number of carbonyl (C=O) groups is 1. The molecule has 7 heteroatoms. The molecule has 0 saturated heterocycles. The average Bonchev–Trinajstić information content (AvgIpc) is 3.43. The highest BCUT2D eigenvalue weighted by Gasteiger charge is 2.28. The van der Waals surface area contributed by atoms with Gasteiger partial charge in [0.1, 0.15) is 0 Å². The Hall–Kier alpha value is -3.53. The van der Waals surface area contributed by atoms with E-state index in [4.69, 9.17) is 5.26 Å². The first-order valence-corrected chi connectivity index (χ1v) is 8.90. The largest absolute Gasteiger partial charge is 0.326 e. The number of tetrazole rings is 1. The van der Waals surface area contributed by atoms with E-state index in [1.54, 1.807) is 12.1 Å². The molecule has 2 aromatic carbocycles. The number of hydrogen-bond acceptors (Lipinski definition) is 5. The normalized spacial score (nSPS) is 13.1. The minimum absolute atomic E-state index is 0.0571. The van der Waals surface area contributed by atoms with Crippen molar-refractivity contribution in [1.82, 2.24) is 20.2 Å². The third-order valence-corrected chi connectivity index (χ3v) is 4.51. The summed E-state index contributed by atoms with van der Waals surface area (Å²) in [6.07, 6.45) is 3.20. The van der Waals surface area contributed by atoms with Crippen LogP contribution in [0.5, 0.6) is 0 Å². The van der Waals surface area contributed by atoms with Gasteiger partial charge in [-0.25, -0.2) is 4.68 Å². The topological polar surface area (TPSA) is 96.5 Å². The molecule has 1 aliphatic rings. The third kappa shape index (κ3) is 4.01. The minimum Gasteiger partial charge on any atom is -0.326 e. The SMILES string of the molecule is N#Cc1ccc(CCC(=O)Nc2cccc(-c3nnnn3C3CC3)c2)cc1. The van der Waals surface area contributed by atoms with Crippen LogP contribution in [0.25, 0.3) is 11.4 Å². The van der Waals surface area contributed by atoms with Crippen molar-refractivity contribution in [2.24, 2.45) is 0 Å². The molecule has 0 bridgehead atoms. The Kier molecular flexibility index (Phi) is 4.62. The fourth-order valence-corrected chi connectivity index (χ4v) is 2.91. The summed E-state index contributed by atoms with van der Waals surface area (Å²) in [5.74, 6) is 0.671. The van der Waals surface area contributed by atoms with Gasteiger partial charge in [0.05, 0.1) is 17.7 Å². The lowest BCUT2D eigenvalue weighted by molar-refractivity contribution is -0.116. The Bertz CT molecular complexity index is 998. The highest BCUT2D eigenvalue weighted by atomic mass is 16.1. The van der Waals surface area contributed by atoms with Crippen LogP contribution in [-0.2, 0) is 11.2 Å². The molecule has 27 heavy (non-hydrogen) atoms. The number of aromatic nitrogens is 4. The van der Waals surface area contributed by atoms with E-state index in [-0.39, 0.29) is 5.91 Å². The second-order valence-corrected chi connectivity index (χ2v) is 6.62. The standard InChI is InChI=1S/C20H18N6O/c21-13-15-6-4-14(5-7-15)8-11-19(27)22-17-3-1-2-16(12-17)20-23-24-25-26(20)18-9-10-18/h1-7,12,18H,8-11H2,(H,22,27). The summed E-state index contributed by atoms with van der Waals surface area (Å²) in [4.78, 5) is 12.3. The Morgan fingerprint density at radius 3 is 2.78 bits per heavy atom. The van der Waals surface area contributed by atoms with Crippen molar-refractivity contribution in [2.75, 3.05) is 5.32 Å². The van der Waals surface area contributed by atoms with Crippen LogP contribution in [0.4, 0.5) is 5.69 Å². The molecule has 0 spiro atoms. The zero-order valence-corrected chi connectivity index (χ0v) is 14.7. The highest BCUT2D eigenvalue weighted by molar-refractivity contribution is 5.91. The molecule has 0 aliphatic heterocycles. The summed E-state index contributed by atoms with van der Waals surface area (Å²) >= 11 is 0. The summed E-state index contributed by atoms with van der Waals surface area (Å²) in [6.45, 7) is 0. The second kappa shape index (κ2) is 7.38. The average molecular weight is 358 g/mol. The van der Waals surface area contributed by atoms with Crippen LogP contribution in [0.3, 0.4) is 0 Å². The van der Waals surface area contributed by atoms with Gasteiger partial charge in [-0.2, -0.15) is 5.26 Å². The predicted octanol–water partition coefficient (Wildman–Crippen LogP) is 3.12. The Morgan fingerprint density at radius 2 is 2.04 bits per heavy atom. The number of hydrogen-bond donors (Lipinski definition) is 1. The molecular weight excluding hydrogens is 340 g/mol. The molecule has 1 N–H and O–H groups in total. The lowest BCUT2D eigenvalue weighted by Crippen LogP contribution is -2.12. The lowest BCUT2D eigenvalue weighted by atomic mass is 10.1. The smallest absolute Gasteiger partial charge is 0.224 e. The van der Waals surface area contributed by atoms with E-state index >= 15 is 0 Å². The van der Waals surface area contributed by atoms with Gasteiger partial charge in [0.25, 0.3) is 0 Å². The van der Waals surface area contributed by atoms with Gasteiger partial charge in [-0.05, 0) is 59.5 Å². The van der Waals surface area contributed by atoms with Crippen LogP contribution in [0.1, 0.15) is 36.4 Å². The van der Waals surface area contributed by atoms with Gasteiger partial charge in [0.15, 0.2) is 5.82 Å². The van der Waals surface area contributed by atoms with Crippen molar-refractivity contribution >= 4 is 11.6 Å². The van der Waals surface area contributed by atoms with E-state index < -0.39 is 0 Å². The van der Waals surface area contributed by atoms with E-state index in [0.29, 0.717) is 24.4 Å². The maximum absolute atomic E-state index is 12.3. The third-order valence-electron chi connectivity index (χ3n) is 4.51. The number of carbonyl (C=O) groups excluding carboxylic acids is 1. The molecule has 7 nitrogen and oxygen atoms in total. The van der Waals surface area contributed by atoms with Crippen LogP contribution in [-0.4, -0.2) is 26.1 Å². The van der Waals surface area contributed by atoms with Crippen molar-refractivity contribution < 1.29 is 4.79 Å². The van der Waals surface area contributed by atoms with Gasteiger partial charge in [0, 0.05) is 17.7 Å². The van der Waals surface area contributed by atoms with Crippen LogP contribution >= 0.6 is 0 Å². The summed E-state index contributed by atoms with van der Waals surface area (Å²) in [7, 11) is 0. The van der Waals surface area contributed by atoms with Crippen molar-refractivity contribution in [1.29, 1.82) is 5.26 Å². The molecule has 0 radical (unpaired) electrons. The van der Waals surface area contributed by atoms with Crippen LogP contribution < -0.4 is 5.32 Å². The van der Waals surface area contributed by atoms with Gasteiger partial charge in [-0.1, -0.05) is 24.3 Å². The molecule has 1 saturated carbocycles. The zero-order chi connectivity index (χ0) is 18.6. The van der Waals surface area contributed by atoms with Crippen LogP contribution in [0.2, 0.25) is 0 Å². The number of nitrogens with zero attached hydrogens (tertiary/aromatic N) is 5. The van der Waals surface area contributed by atoms with Gasteiger partial charge in [-0.15, -0.1) is 5.10 Å². The predicted molar refractivity (Wildman–Crippen MR) is 99.6 cm³/mol. The molecule has 134 valence electrons. The Labute approximate surface area is 156 Å². The molecule has 4 rings (SSSR count). The first kappa shape index (κ1) is 16.9. The highest BCUT2D eigenvalue weighted by Crippen LogP contribution is 2.36. The molecule has 1 heterocycles. The zero-order valence-electron chi connectivity index (χ0n) is 14.7. The molecule has 0 atom stereocenters. The number of anilines is 1. The summed E-state index contributed by atoms with van der Waals surface area (Å²) in [5, 5.41) is 23.7. The first-order valence-electron chi connectivity index (χ1n) is 8.90. The molecule has 1 aliphatic carbocycles. The van der Waals surface area contributed by atoms with Gasteiger partial charge in [0.2, 0.25) is 5.91 Å². The van der Waals surface area contributed by atoms with Crippen molar-refractivity contribution in [2.45, 2.75) is 31.7 Å². The number of nitrogens with one attached hydrogen (secondary N) is 1. The van der Waals surface area contributed by atoms with E-state index in [1.807, 2.05) is 41.1 Å². The molecule has 3 aromatic rings. The van der Waals surface area contributed by atoms with Crippen LogP contribution in [0, 0.1) is 11.3 Å². The van der Waals surface area contributed by atoms with E-state index in [9.17, 15) is 4.79 Å². The Morgan fingerprint density at radius 1 is 1.22 bits per heavy atom. The van der Waals surface area contributed by atoms with E-state index in [0.717, 1.165) is 35.5 Å². The number of aryl methyl sites for hydroxylation is 1. The fourth-order valence-electron chi connectivity index (χ4n) is 2.91. The summed E-state index contributed by atoms with van der Waals surface area (Å²) < 4.78 is 1.85. The quantitative estimate of drug-likeness (QED) is 0.730. The fraction of sp³-hybridized carbons (Fsp3) is 0.250. The van der Waals surface area contributed by atoms with Gasteiger partial charge < -0.3 is 5.32 Å². The maximum atomic E-state index is 12.3. The number of nitriles is 1. The first-order chi connectivity index (χ1) is 13.2. The lowest BCUT2D eigenvalue weighted by Gasteiger charge is -2.08. The molecule has 1 aromatic heterocycles. The summed E-state index contributed by atoms with van der Waals surface area (Å²) in [5.41, 5.74) is 3.26. The number of amides is 1. The minimum atomic E-state index is -0.0571. The number of rotatable bonds is 6. The molecular formula is C20H18N6O. The van der Waals surface area contributed by atoms with Gasteiger partial charge >= 0.3 is 0 Å².